The number of non-ortho nitro benzene ring substituents is 1. The van der Waals surface area contributed by atoms with Gasteiger partial charge in [-0.1, -0.05) is 0 Å². The van der Waals surface area contributed by atoms with E-state index in [9.17, 15) is 33.2 Å². The standard InChI is InChI=1S/C14H16N2O9S/c1-26(22,23)25-11-6-12(13(17)18)15(7-11)14(19)24-8-9-2-4-10(5-3-9)16(20)21/h2-5,11-12H,6-8H2,1H3,(H,17,18)/t11-,12+/m1/s1. The highest BCUT2D eigenvalue weighted by Crippen LogP contribution is 2.23. The number of rotatable bonds is 6. The maximum absolute atomic E-state index is 12.1. The van der Waals surface area contributed by atoms with Crippen molar-refractivity contribution in [3.63, 3.8) is 0 Å². The van der Waals surface area contributed by atoms with Crippen LogP contribution in [-0.4, -0.2) is 60.4 Å². The predicted molar refractivity (Wildman–Crippen MR) is 85.7 cm³/mol. The lowest BCUT2D eigenvalue weighted by Crippen LogP contribution is -2.40. The summed E-state index contributed by atoms with van der Waals surface area (Å²) in [7, 11) is -3.80. The molecule has 142 valence electrons. The second-order valence-corrected chi connectivity index (χ2v) is 7.24. The van der Waals surface area contributed by atoms with E-state index in [-0.39, 0.29) is 25.3 Å². The second kappa shape index (κ2) is 7.66. The van der Waals surface area contributed by atoms with Crippen LogP contribution in [0.2, 0.25) is 0 Å². The Labute approximate surface area is 148 Å². The quantitative estimate of drug-likeness (QED) is 0.422. The lowest BCUT2D eigenvalue weighted by atomic mass is 10.2. The fourth-order valence-corrected chi connectivity index (χ4v) is 3.13. The summed E-state index contributed by atoms with van der Waals surface area (Å²) < 4.78 is 32.1. The molecule has 1 aromatic carbocycles. The van der Waals surface area contributed by atoms with E-state index in [0.717, 1.165) is 11.2 Å². The highest BCUT2D eigenvalue weighted by Gasteiger charge is 2.42. The van der Waals surface area contributed by atoms with Crippen LogP contribution in [0, 0.1) is 10.1 Å². The number of hydrogen-bond donors (Lipinski definition) is 1. The number of nitro benzene ring substituents is 1. The van der Waals surface area contributed by atoms with E-state index in [0.29, 0.717) is 5.56 Å². The number of carbonyl (C=O) groups is 2. The molecule has 1 amide bonds. The first-order chi connectivity index (χ1) is 12.1. The first-order valence-electron chi connectivity index (χ1n) is 7.34. The monoisotopic (exact) mass is 388 g/mol. The number of amides is 1. The van der Waals surface area contributed by atoms with Crippen molar-refractivity contribution in [2.45, 2.75) is 25.2 Å². The Morgan fingerprint density at radius 2 is 1.96 bits per heavy atom. The Morgan fingerprint density at radius 1 is 1.35 bits per heavy atom. The van der Waals surface area contributed by atoms with Gasteiger partial charge < -0.3 is 9.84 Å². The zero-order valence-electron chi connectivity index (χ0n) is 13.6. The number of nitro groups is 1. The van der Waals surface area contributed by atoms with Crippen LogP contribution in [0.4, 0.5) is 10.5 Å². The summed E-state index contributed by atoms with van der Waals surface area (Å²) >= 11 is 0. The number of carboxylic acid groups (broad SMARTS) is 1. The molecule has 1 N–H and O–H groups in total. The van der Waals surface area contributed by atoms with Gasteiger partial charge in [0.1, 0.15) is 12.6 Å². The molecule has 0 spiro atoms. The minimum absolute atomic E-state index is 0.119. The van der Waals surface area contributed by atoms with Crippen LogP contribution in [0.1, 0.15) is 12.0 Å². The minimum atomic E-state index is -3.80. The summed E-state index contributed by atoms with van der Waals surface area (Å²) in [5, 5.41) is 19.8. The largest absolute Gasteiger partial charge is 0.480 e. The smallest absolute Gasteiger partial charge is 0.410 e. The van der Waals surface area contributed by atoms with Crippen molar-refractivity contribution in [3.8, 4) is 0 Å². The fourth-order valence-electron chi connectivity index (χ4n) is 2.49. The van der Waals surface area contributed by atoms with Crippen molar-refractivity contribution in [2.75, 3.05) is 12.8 Å². The molecule has 12 heteroatoms. The Morgan fingerprint density at radius 3 is 2.46 bits per heavy atom. The van der Waals surface area contributed by atoms with Gasteiger partial charge in [-0.05, 0) is 17.7 Å². The summed E-state index contributed by atoms with van der Waals surface area (Å²) in [4.78, 5) is 34.3. The second-order valence-electron chi connectivity index (χ2n) is 5.64. The maximum atomic E-state index is 12.1. The van der Waals surface area contributed by atoms with Gasteiger partial charge in [0.15, 0.2) is 0 Å². The lowest BCUT2D eigenvalue weighted by molar-refractivity contribution is -0.384. The van der Waals surface area contributed by atoms with Gasteiger partial charge in [0.25, 0.3) is 15.8 Å². The molecule has 11 nitrogen and oxygen atoms in total. The van der Waals surface area contributed by atoms with Gasteiger partial charge in [-0.25, -0.2) is 9.59 Å². The van der Waals surface area contributed by atoms with Crippen molar-refractivity contribution < 1.29 is 37.0 Å². The zero-order valence-corrected chi connectivity index (χ0v) is 14.4. The van der Waals surface area contributed by atoms with Gasteiger partial charge in [-0.2, -0.15) is 8.42 Å². The molecule has 26 heavy (non-hydrogen) atoms. The van der Waals surface area contributed by atoms with Gasteiger partial charge in [0, 0.05) is 18.6 Å². The molecule has 1 aliphatic rings. The molecule has 1 fully saturated rings. The van der Waals surface area contributed by atoms with Crippen molar-refractivity contribution in [3.05, 3.63) is 39.9 Å². The van der Waals surface area contributed by atoms with Crippen molar-refractivity contribution in [1.29, 1.82) is 0 Å². The Kier molecular flexibility index (Phi) is 5.77. The Hall–Kier alpha value is -2.73. The molecule has 1 aliphatic heterocycles. The summed E-state index contributed by atoms with van der Waals surface area (Å²) in [6, 6.07) is 4.02. The molecule has 0 saturated carbocycles. The van der Waals surface area contributed by atoms with Crippen LogP contribution in [0.25, 0.3) is 0 Å². The summed E-state index contributed by atoms with van der Waals surface area (Å²) in [6.45, 7) is -0.472. The summed E-state index contributed by atoms with van der Waals surface area (Å²) in [5.41, 5.74) is 0.352. The van der Waals surface area contributed by atoms with E-state index >= 15 is 0 Å². The van der Waals surface area contributed by atoms with Crippen LogP contribution in [-0.2, 0) is 30.4 Å². The third-order valence-corrected chi connectivity index (χ3v) is 4.22. The normalized spacial score (nSPS) is 20.0. The van der Waals surface area contributed by atoms with E-state index in [1.807, 2.05) is 0 Å². The van der Waals surface area contributed by atoms with Gasteiger partial charge in [-0.3, -0.25) is 19.2 Å². The molecule has 2 rings (SSSR count). The molecule has 0 radical (unpaired) electrons. The molecular formula is C14H16N2O9S. The molecule has 0 unspecified atom stereocenters. The van der Waals surface area contributed by atoms with E-state index in [2.05, 4.69) is 0 Å². The SMILES string of the molecule is CS(=O)(=O)O[C@@H]1C[C@@H](C(=O)O)N(C(=O)OCc2ccc([N+](=O)[O-])cc2)C1. The summed E-state index contributed by atoms with van der Waals surface area (Å²) in [6.07, 6.45) is -1.28. The van der Waals surface area contributed by atoms with E-state index in [1.54, 1.807) is 0 Å². The zero-order chi connectivity index (χ0) is 19.5. The minimum Gasteiger partial charge on any atom is -0.480 e. The number of likely N-dealkylation sites (tertiary alicyclic amines) is 1. The number of ether oxygens (including phenoxy) is 1. The van der Waals surface area contributed by atoms with Gasteiger partial charge in [-0.15, -0.1) is 0 Å². The van der Waals surface area contributed by atoms with Crippen LogP contribution >= 0.6 is 0 Å². The number of benzene rings is 1. The van der Waals surface area contributed by atoms with E-state index in [1.165, 1.54) is 24.3 Å². The average molecular weight is 388 g/mol. The highest BCUT2D eigenvalue weighted by atomic mass is 32.2. The fraction of sp³-hybridized carbons (Fsp3) is 0.429. The van der Waals surface area contributed by atoms with Crippen LogP contribution in [0.5, 0.6) is 0 Å². The van der Waals surface area contributed by atoms with Crippen LogP contribution in [0.3, 0.4) is 0 Å². The van der Waals surface area contributed by atoms with E-state index in [4.69, 9.17) is 8.92 Å². The number of carbonyl (C=O) groups excluding carboxylic acids is 1. The molecule has 0 bridgehead atoms. The van der Waals surface area contributed by atoms with Gasteiger partial charge in [0.05, 0.1) is 23.8 Å². The van der Waals surface area contributed by atoms with Crippen LogP contribution < -0.4 is 0 Å². The highest BCUT2D eigenvalue weighted by molar-refractivity contribution is 7.86. The van der Waals surface area contributed by atoms with Gasteiger partial charge >= 0.3 is 12.1 Å². The Bertz CT molecular complexity index is 806. The molecule has 1 aromatic rings. The summed E-state index contributed by atoms with van der Waals surface area (Å²) in [5.74, 6) is -1.31. The van der Waals surface area contributed by atoms with Crippen LogP contribution in [0.15, 0.2) is 24.3 Å². The third-order valence-electron chi connectivity index (χ3n) is 3.60. The third kappa shape index (κ3) is 5.13. The lowest BCUT2D eigenvalue weighted by Gasteiger charge is -2.20. The molecule has 2 atom stereocenters. The van der Waals surface area contributed by atoms with Crippen molar-refractivity contribution >= 4 is 27.9 Å². The topological polar surface area (TPSA) is 153 Å². The predicted octanol–water partition coefficient (Wildman–Crippen LogP) is 0.735. The Balaban J connectivity index is 2.00. The molecule has 1 saturated heterocycles. The van der Waals surface area contributed by atoms with E-state index < -0.39 is 39.2 Å². The molecule has 1 heterocycles. The number of hydrogen-bond acceptors (Lipinski definition) is 8. The first kappa shape index (κ1) is 19.6. The van der Waals surface area contributed by atoms with Crippen molar-refractivity contribution in [2.24, 2.45) is 0 Å². The molecule has 0 aromatic heterocycles. The molecule has 0 aliphatic carbocycles. The maximum Gasteiger partial charge on any atom is 0.410 e. The number of nitrogens with zero attached hydrogens (tertiary/aromatic N) is 2. The number of aliphatic carboxylic acids is 1. The number of carboxylic acids is 1. The molecular weight excluding hydrogens is 372 g/mol. The van der Waals surface area contributed by atoms with Crippen molar-refractivity contribution in [1.82, 2.24) is 4.90 Å². The average Bonchev–Trinajstić information content (AvgIpc) is 2.95. The van der Waals surface area contributed by atoms with Gasteiger partial charge in [0.2, 0.25) is 0 Å². The first-order valence-corrected chi connectivity index (χ1v) is 9.16.